The molecule has 1 aromatic rings. The van der Waals surface area contributed by atoms with E-state index in [0.29, 0.717) is 5.56 Å². The van der Waals surface area contributed by atoms with Crippen LogP contribution >= 0.6 is 11.8 Å². The van der Waals surface area contributed by atoms with Crippen LogP contribution in [0, 0.1) is 5.82 Å². The van der Waals surface area contributed by atoms with Crippen molar-refractivity contribution in [2.75, 3.05) is 6.26 Å². The van der Waals surface area contributed by atoms with E-state index < -0.39 is 0 Å². The third-order valence-electron chi connectivity index (χ3n) is 1.52. The van der Waals surface area contributed by atoms with E-state index in [0.717, 1.165) is 4.90 Å². The Balaban J connectivity index is 3.02. The predicted octanol–water partition coefficient (Wildman–Crippen LogP) is 1.94. The van der Waals surface area contributed by atoms with Crippen molar-refractivity contribution >= 4 is 11.8 Å². The molecule has 0 heterocycles. The maximum atomic E-state index is 13.1. The highest BCUT2D eigenvalue weighted by Crippen LogP contribution is 2.22. The maximum absolute atomic E-state index is 13.1. The Morgan fingerprint density at radius 3 is 2.92 bits per heavy atom. The van der Waals surface area contributed by atoms with Gasteiger partial charge in [-0.3, -0.25) is 4.84 Å². The van der Waals surface area contributed by atoms with Gasteiger partial charge < -0.3 is 0 Å². The standard InChI is InChI=1S/C8H10FNOS/c1-12-8-4-2-3-7(9)6(8)5-11-10/h2-4H,5,10H2,1H3. The van der Waals surface area contributed by atoms with Crippen molar-refractivity contribution in [3.8, 4) is 0 Å². The summed E-state index contributed by atoms with van der Waals surface area (Å²) in [7, 11) is 0. The van der Waals surface area contributed by atoms with Gasteiger partial charge in [-0.05, 0) is 18.4 Å². The van der Waals surface area contributed by atoms with Crippen molar-refractivity contribution in [1.82, 2.24) is 0 Å². The number of rotatable bonds is 3. The Kier molecular flexibility index (Phi) is 3.52. The summed E-state index contributed by atoms with van der Waals surface area (Å²) in [4.78, 5) is 5.26. The lowest BCUT2D eigenvalue weighted by atomic mass is 10.2. The molecule has 12 heavy (non-hydrogen) atoms. The van der Waals surface area contributed by atoms with Crippen molar-refractivity contribution in [1.29, 1.82) is 0 Å². The summed E-state index contributed by atoms with van der Waals surface area (Å²) in [5, 5.41) is 0. The Labute approximate surface area is 74.9 Å². The average molecular weight is 187 g/mol. The van der Waals surface area contributed by atoms with Gasteiger partial charge in [0.25, 0.3) is 0 Å². The predicted molar refractivity (Wildman–Crippen MR) is 47.2 cm³/mol. The van der Waals surface area contributed by atoms with Gasteiger partial charge in [-0.15, -0.1) is 11.8 Å². The van der Waals surface area contributed by atoms with Gasteiger partial charge in [-0.25, -0.2) is 10.3 Å². The maximum Gasteiger partial charge on any atom is 0.129 e. The van der Waals surface area contributed by atoms with Crippen molar-refractivity contribution in [3.05, 3.63) is 29.6 Å². The van der Waals surface area contributed by atoms with Gasteiger partial charge in [0, 0.05) is 10.5 Å². The zero-order valence-corrected chi connectivity index (χ0v) is 7.53. The highest BCUT2D eigenvalue weighted by atomic mass is 32.2. The molecule has 66 valence electrons. The lowest BCUT2D eigenvalue weighted by Crippen LogP contribution is -2.02. The summed E-state index contributed by atoms with van der Waals surface area (Å²) >= 11 is 1.47. The van der Waals surface area contributed by atoms with Gasteiger partial charge in [0.05, 0.1) is 6.61 Å². The van der Waals surface area contributed by atoms with Crippen molar-refractivity contribution in [2.24, 2.45) is 5.90 Å². The quantitative estimate of drug-likeness (QED) is 0.580. The molecule has 0 amide bonds. The smallest absolute Gasteiger partial charge is 0.129 e. The average Bonchev–Trinajstić information content (AvgIpc) is 2.09. The first-order valence-electron chi connectivity index (χ1n) is 3.42. The Morgan fingerprint density at radius 1 is 1.58 bits per heavy atom. The first-order chi connectivity index (χ1) is 5.79. The second kappa shape index (κ2) is 4.45. The first-order valence-corrected chi connectivity index (χ1v) is 4.65. The van der Waals surface area contributed by atoms with Gasteiger partial charge in [-0.1, -0.05) is 6.07 Å². The Bertz CT molecular complexity index is 267. The molecule has 0 aliphatic rings. The highest BCUT2D eigenvalue weighted by Gasteiger charge is 2.06. The Morgan fingerprint density at radius 2 is 2.33 bits per heavy atom. The summed E-state index contributed by atoms with van der Waals surface area (Å²) in [6.45, 7) is 0.114. The Hall–Kier alpha value is -0.580. The molecule has 0 aliphatic heterocycles. The van der Waals surface area contributed by atoms with Crippen molar-refractivity contribution < 1.29 is 9.23 Å². The van der Waals surface area contributed by atoms with Crippen LogP contribution in [-0.2, 0) is 11.4 Å². The molecule has 0 aromatic heterocycles. The topological polar surface area (TPSA) is 35.2 Å². The molecule has 4 heteroatoms. The van der Waals surface area contributed by atoms with E-state index in [1.165, 1.54) is 17.8 Å². The summed E-state index contributed by atoms with van der Waals surface area (Å²) in [5.74, 6) is 4.61. The molecule has 0 bridgehead atoms. The number of thioether (sulfide) groups is 1. The van der Waals surface area contributed by atoms with Crippen LogP contribution < -0.4 is 5.90 Å². The third kappa shape index (κ3) is 1.97. The number of nitrogens with two attached hydrogens (primary N) is 1. The van der Waals surface area contributed by atoms with Gasteiger partial charge in [0.15, 0.2) is 0 Å². The SMILES string of the molecule is CSc1cccc(F)c1CON. The number of hydrogen-bond donors (Lipinski definition) is 1. The summed E-state index contributed by atoms with van der Waals surface area (Å²) in [6.07, 6.45) is 1.88. The lowest BCUT2D eigenvalue weighted by molar-refractivity contribution is 0.120. The van der Waals surface area contributed by atoms with E-state index in [9.17, 15) is 4.39 Å². The minimum Gasteiger partial charge on any atom is -0.300 e. The minimum atomic E-state index is -0.271. The van der Waals surface area contributed by atoms with Crippen LogP contribution in [0.4, 0.5) is 4.39 Å². The molecule has 0 fully saturated rings. The monoisotopic (exact) mass is 187 g/mol. The molecule has 0 atom stereocenters. The van der Waals surface area contributed by atoms with E-state index in [-0.39, 0.29) is 12.4 Å². The second-order valence-corrected chi connectivity index (χ2v) is 3.08. The molecular formula is C8H10FNOS. The normalized spacial score (nSPS) is 10.2. The molecule has 0 saturated heterocycles. The van der Waals surface area contributed by atoms with Crippen LogP contribution in [0.5, 0.6) is 0 Å². The molecule has 1 aromatic carbocycles. The fourth-order valence-electron chi connectivity index (χ4n) is 0.954. The van der Waals surface area contributed by atoms with Gasteiger partial charge in [0.2, 0.25) is 0 Å². The van der Waals surface area contributed by atoms with Crippen molar-refractivity contribution in [2.45, 2.75) is 11.5 Å². The second-order valence-electron chi connectivity index (χ2n) is 2.23. The third-order valence-corrected chi connectivity index (χ3v) is 2.35. The molecule has 0 radical (unpaired) electrons. The summed E-state index contributed by atoms with van der Waals surface area (Å²) in [5.41, 5.74) is 0.521. The van der Waals surface area contributed by atoms with Crippen LogP contribution in [0.15, 0.2) is 23.1 Å². The van der Waals surface area contributed by atoms with E-state index in [2.05, 4.69) is 4.84 Å². The molecule has 1 rings (SSSR count). The van der Waals surface area contributed by atoms with Crippen LogP contribution in [0.1, 0.15) is 5.56 Å². The molecule has 0 spiro atoms. The van der Waals surface area contributed by atoms with E-state index >= 15 is 0 Å². The highest BCUT2D eigenvalue weighted by molar-refractivity contribution is 7.98. The fourth-order valence-corrected chi connectivity index (χ4v) is 1.57. The molecule has 2 N–H and O–H groups in total. The number of halogens is 1. The van der Waals surface area contributed by atoms with E-state index in [1.807, 2.05) is 12.3 Å². The molecule has 0 saturated carbocycles. The van der Waals surface area contributed by atoms with Crippen LogP contribution in [0.25, 0.3) is 0 Å². The van der Waals surface area contributed by atoms with Gasteiger partial charge in [-0.2, -0.15) is 0 Å². The molecule has 0 aliphatic carbocycles. The zero-order chi connectivity index (χ0) is 8.97. The summed E-state index contributed by atoms with van der Waals surface area (Å²) in [6, 6.07) is 4.90. The van der Waals surface area contributed by atoms with Crippen LogP contribution in [-0.4, -0.2) is 6.26 Å². The first kappa shape index (κ1) is 9.51. The molecule has 2 nitrogen and oxygen atoms in total. The number of hydrogen-bond acceptors (Lipinski definition) is 3. The minimum absolute atomic E-state index is 0.114. The largest absolute Gasteiger partial charge is 0.300 e. The van der Waals surface area contributed by atoms with Crippen LogP contribution in [0.3, 0.4) is 0 Å². The van der Waals surface area contributed by atoms with Crippen molar-refractivity contribution in [3.63, 3.8) is 0 Å². The van der Waals surface area contributed by atoms with Crippen LogP contribution in [0.2, 0.25) is 0 Å². The fraction of sp³-hybridized carbons (Fsp3) is 0.250. The molecule has 0 unspecified atom stereocenters. The van der Waals surface area contributed by atoms with Gasteiger partial charge in [0.1, 0.15) is 5.82 Å². The van der Waals surface area contributed by atoms with Gasteiger partial charge >= 0.3 is 0 Å². The van der Waals surface area contributed by atoms with E-state index in [1.54, 1.807) is 6.07 Å². The van der Waals surface area contributed by atoms with E-state index in [4.69, 9.17) is 5.90 Å². The summed E-state index contributed by atoms with van der Waals surface area (Å²) < 4.78 is 13.1. The molecular weight excluding hydrogens is 177 g/mol. The zero-order valence-electron chi connectivity index (χ0n) is 6.71. The number of benzene rings is 1. The lowest BCUT2D eigenvalue weighted by Gasteiger charge is -2.05.